The van der Waals surface area contributed by atoms with Crippen LogP contribution >= 0.6 is 0 Å². The highest BCUT2D eigenvalue weighted by Gasteiger charge is 2.27. The molecular formula is C54H66N2O12S2. The average Bonchev–Trinajstić information content (AvgIpc) is 3.33. The van der Waals surface area contributed by atoms with E-state index in [0.29, 0.717) is 55.9 Å². The Kier molecular flexibility index (Phi) is 21.1. The summed E-state index contributed by atoms with van der Waals surface area (Å²) in [5, 5.41) is 23.4. The number of benzene rings is 6. The second kappa shape index (κ2) is 26.4. The van der Waals surface area contributed by atoms with Gasteiger partial charge in [0.2, 0.25) is 6.79 Å². The molecule has 0 aliphatic rings. The standard InChI is InChI=1S/C27H31NO7S.C25H29NO5S.C2H6/c1-17(2)15-28(20-10-12-21(13-11-20)35-18(3)4)36(32)25-14-24(27(31)34-16-33-19(5)29)26(30)23-9-7-6-8-22(23)25;1-16(2)15-26(18-10-12-19(13-11-18)31-17(3)4)32(29)23-14-22(25(28)30-5)24(27)21-9-7-6-8-20(21)23;1-2/h6-14,17-18,30H,15-16H2,1-5H3;6-14,16-17,27H,15H2,1-5H3;1-2H3. The molecule has 0 heterocycles. The largest absolute Gasteiger partial charge is 0.506 e. The molecule has 14 nitrogen and oxygen atoms in total. The van der Waals surface area contributed by atoms with Crippen molar-refractivity contribution in [3.63, 3.8) is 0 Å². The Balaban J connectivity index is 0.000000296. The molecule has 2 N–H and O–H groups in total. The molecule has 0 radical (unpaired) electrons. The number of phenols is 2. The van der Waals surface area contributed by atoms with E-state index < -0.39 is 46.7 Å². The molecule has 0 aliphatic heterocycles. The van der Waals surface area contributed by atoms with Crippen LogP contribution < -0.4 is 18.1 Å². The first kappa shape index (κ1) is 55.9. The van der Waals surface area contributed by atoms with Crippen LogP contribution in [0, 0.1) is 11.8 Å². The summed E-state index contributed by atoms with van der Waals surface area (Å²) >= 11 is 0. The predicted molar refractivity (Wildman–Crippen MR) is 278 cm³/mol. The van der Waals surface area contributed by atoms with E-state index in [4.69, 9.17) is 18.9 Å². The van der Waals surface area contributed by atoms with Crippen molar-refractivity contribution in [1.82, 2.24) is 0 Å². The summed E-state index contributed by atoms with van der Waals surface area (Å²) in [6.07, 6.45) is 0.0842. The Bertz CT molecular complexity index is 2760. The molecule has 0 amide bonds. The first-order chi connectivity index (χ1) is 33.3. The maximum atomic E-state index is 14.0. The van der Waals surface area contributed by atoms with Crippen LogP contribution in [0.5, 0.6) is 23.0 Å². The van der Waals surface area contributed by atoms with E-state index in [-0.39, 0.29) is 46.7 Å². The van der Waals surface area contributed by atoms with Crippen LogP contribution in [-0.2, 0) is 41.0 Å². The van der Waals surface area contributed by atoms with Crippen molar-refractivity contribution in [3.05, 3.63) is 120 Å². The summed E-state index contributed by atoms with van der Waals surface area (Å²) in [4.78, 5) is 36.8. The molecular weight excluding hydrogens is 933 g/mol. The van der Waals surface area contributed by atoms with Crippen LogP contribution in [-0.4, -0.2) is 75.7 Å². The number of fused-ring (bicyclic) bond motifs is 2. The molecule has 376 valence electrons. The van der Waals surface area contributed by atoms with E-state index in [2.05, 4.69) is 18.6 Å². The Morgan fingerprint density at radius 2 is 0.900 bits per heavy atom. The van der Waals surface area contributed by atoms with Crippen molar-refractivity contribution in [2.45, 2.75) is 98.2 Å². The number of nitrogens with zero attached hydrogens (tertiary/aromatic N) is 2. The highest BCUT2D eigenvalue weighted by molar-refractivity contribution is 7.87. The minimum atomic E-state index is -1.74. The summed E-state index contributed by atoms with van der Waals surface area (Å²) in [5.41, 5.74) is 1.30. The molecule has 0 aromatic heterocycles. The number of carbonyl (C=O) groups is 3. The number of anilines is 2. The van der Waals surface area contributed by atoms with Crippen molar-refractivity contribution >= 4 is 72.8 Å². The van der Waals surface area contributed by atoms with E-state index in [1.54, 1.807) is 51.1 Å². The van der Waals surface area contributed by atoms with Crippen molar-refractivity contribution in [2.24, 2.45) is 11.8 Å². The van der Waals surface area contributed by atoms with E-state index in [0.717, 1.165) is 11.4 Å². The highest BCUT2D eigenvalue weighted by atomic mass is 32.2. The number of aromatic hydroxyl groups is 2. The third-order valence-electron chi connectivity index (χ3n) is 9.87. The Hall–Kier alpha value is -6.65. The zero-order valence-corrected chi connectivity index (χ0v) is 43.6. The van der Waals surface area contributed by atoms with Crippen molar-refractivity contribution in [3.8, 4) is 23.0 Å². The molecule has 0 fully saturated rings. The maximum Gasteiger partial charge on any atom is 0.344 e. The third-order valence-corrected chi connectivity index (χ3v) is 12.8. The molecule has 6 aromatic carbocycles. The highest BCUT2D eigenvalue weighted by Crippen LogP contribution is 2.38. The molecule has 0 spiro atoms. The van der Waals surface area contributed by atoms with Gasteiger partial charge in [0.05, 0.1) is 29.1 Å². The average molecular weight is 999 g/mol. The van der Waals surface area contributed by atoms with Gasteiger partial charge in [0.1, 0.15) is 34.1 Å². The van der Waals surface area contributed by atoms with E-state index in [1.807, 2.05) is 110 Å². The summed E-state index contributed by atoms with van der Waals surface area (Å²) < 4.78 is 57.4. The number of carbonyl (C=O) groups excluding carboxylic acids is 3. The molecule has 0 aliphatic carbocycles. The van der Waals surface area contributed by atoms with Gasteiger partial charge in [0, 0.05) is 52.9 Å². The number of esters is 3. The number of methoxy groups -OCH3 is 1. The molecule has 16 heteroatoms. The zero-order valence-electron chi connectivity index (χ0n) is 42.0. The lowest BCUT2D eigenvalue weighted by molar-refractivity contribution is -0.149. The minimum Gasteiger partial charge on any atom is -0.506 e. The van der Waals surface area contributed by atoms with Gasteiger partial charge in [-0.1, -0.05) is 90.1 Å². The molecule has 6 rings (SSSR count). The van der Waals surface area contributed by atoms with Crippen LogP contribution in [0.3, 0.4) is 0 Å². The molecule has 0 saturated heterocycles. The number of phenolic OH excluding ortho intramolecular Hbond substituents is 2. The van der Waals surface area contributed by atoms with Crippen molar-refractivity contribution < 1.29 is 56.7 Å². The lowest BCUT2D eigenvalue weighted by atomic mass is 10.1. The molecule has 2 atom stereocenters. The van der Waals surface area contributed by atoms with Gasteiger partial charge in [-0.3, -0.25) is 13.4 Å². The van der Waals surface area contributed by atoms with Crippen LogP contribution in [0.25, 0.3) is 21.5 Å². The monoisotopic (exact) mass is 998 g/mol. The van der Waals surface area contributed by atoms with Crippen molar-refractivity contribution in [2.75, 3.05) is 35.6 Å². The SMILES string of the molecule is CC.CC(=O)OCOC(=O)c1cc(S(=O)N(CC(C)C)c2ccc(OC(C)C)cc2)c2ccccc2c1O.COC(=O)c1cc(S(=O)N(CC(C)C)c2ccc(OC(C)C)cc2)c2ccccc2c1O. The van der Waals surface area contributed by atoms with E-state index in [9.17, 15) is 33.0 Å². The summed E-state index contributed by atoms with van der Waals surface area (Å²) in [6.45, 7) is 21.5. The molecule has 2 unspecified atom stereocenters. The maximum absolute atomic E-state index is 14.0. The van der Waals surface area contributed by atoms with Gasteiger partial charge >= 0.3 is 17.9 Å². The number of hydrogen-bond donors (Lipinski definition) is 2. The topological polar surface area (TPSA) is 178 Å². The first-order valence-electron chi connectivity index (χ1n) is 23.1. The van der Waals surface area contributed by atoms with Crippen LogP contribution in [0.1, 0.15) is 96.9 Å². The van der Waals surface area contributed by atoms with Gasteiger partial charge in [-0.15, -0.1) is 0 Å². The van der Waals surface area contributed by atoms with E-state index >= 15 is 0 Å². The molecule has 6 aromatic rings. The second-order valence-electron chi connectivity index (χ2n) is 17.0. The normalized spacial score (nSPS) is 11.8. The minimum absolute atomic E-state index is 0.0141. The third kappa shape index (κ3) is 14.7. The van der Waals surface area contributed by atoms with Gasteiger partial charge in [-0.25, -0.2) is 18.0 Å². The number of hydrogen-bond acceptors (Lipinski definition) is 12. The first-order valence-corrected chi connectivity index (χ1v) is 25.3. The van der Waals surface area contributed by atoms with Gasteiger partial charge in [-0.05, 0) is 100 Å². The number of rotatable bonds is 18. The zero-order chi connectivity index (χ0) is 51.8. The summed E-state index contributed by atoms with van der Waals surface area (Å²) in [7, 11) is -2.14. The van der Waals surface area contributed by atoms with E-state index in [1.165, 1.54) is 26.2 Å². The van der Waals surface area contributed by atoms with Gasteiger partial charge in [0.25, 0.3) is 0 Å². The Morgan fingerprint density at radius 1 is 0.543 bits per heavy atom. The quantitative estimate of drug-likeness (QED) is 0.0616. The second-order valence-corrected chi connectivity index (χ2v) is 19.8. The van der Waals surface area contributed by atoms with Gasteiger partial charge < -0.3 is 33.9 Å². The molecule has 70 heavy (non-hydrogen) atoms. The van der Waals surface area contributed by atoms with Crippen LogP contribution in [0.2, 0.25) is 0 Å². The predicted octanol–water partition coefficient (Wildman–Crippen LogP) is 11.5. The van der Waals surface area contributed by atoms with Gasteiger partial charge in [0.15, 0.2) is 22.0 Å². The fourth-order valence-corrected chi connectivity index (χ4v) is 10.1. The molecule has 0 saturated carbocycles. The van der Waals surface area contributed by atoms with Crippen molar-refractivity contribution in [1.29, 1.82) is 0 Å². The Labute approximate surface area is 416 Å². The van der Waals surface area contributed by atoms with Crippen LogP contribution in [0.4, 0.5) is 11.4 Å². The lowest BCUT2D eigenvalue weighted by Crippen LogP contribution is -2.30. The fourth-order valence-electron chi connectivity index (χ4n) is 6.97. The molecule has 0 bridgehead atoms. The lowest BCUT2D eigenvalue weighted by Gasteiger charge is -2.26. The smallest absolute Gasteiger partial charge is 0.344 e. The number of ether oxygens (including phenoxy) is 5. The van der Waals surface area contributed by atoms with Crippen LogP contribution in [0.15, 0.2) is 119 Å². The summed E-state index contributed by atoms with van der Waals surface area (Å²) in [6, 6.07) is 31.5. The fraction of sp³-hybridized carbons (Fsp3) is 0.352. The Morgan fingerprint density at radius 3 is 1.23 bits per heavy atom. The summed E-state index contributed by atoms with van der Waals surface area (Å²) in [5.74, 6) is -0.824. The van der Waals surface area contributed by atoms with Gasteiger partial charge in [-0.2, -0.15) is 0 Å².